The van der Waals surface area contributed by atoms with Crippen molar-refractivity contribution in [2.24, 2.45) is 0 Å². The van der Waals surface area contributed by atoms with Crippen molar-refractivity contribution < 1.29 is 0 Å². The zero-order valence-electron chi connectivity index (χ0n) is 15.6. The van der Waals surface area contributed by atoms with Gasteiger partial charge in [-0.05, 0) is 26.7 Å². The van der Waals surface area contributed by atoms with E-state index < -0.39 is 0 Å². The molecule has 2 aliphatic rings. The molecule has 0 spiro atoms. The fourth-order valence-electron chi connectivity index (χ4n) is 3.58. The van der Waals surface area contributed by atoms with E-state index in [2.05, 4.69) is 54.1 Å². The Morgan fingerprint density at radius 3 is 2.38 bits per heavy atom. The van der Waals surface area contributed by atoms with Gasteiger partial charge >= 0.3 is 0 Å². The Balaban J connectivity index is 1.43. The Labute approximate surface area is 154 Å². The highest BCUT2D eigenvalue weighted by Gasteiger charge is 2.24. The van der Waals surface area contributed by atoms with Crippen molar-refractivity contribution in [3.05, 3.63) is 29.8 Å². The predicted molar refractivity (Wildman–Crippen MR) is 104 cm³/mol. The number of nitrogens with zero attached hydrogens (tertiary/aromatic N) is 6. The molecule has 0 radical (unpaired) electrons. The molecule has 1 saturated heterocycles. The van der Waals surface area contributed by atoms with E-state index in [1.807, 2.05) is 6.92 Å². The number of piperazine rings is 1. The second-order valence-corrected chi connectivity index (χ2v) is 7.12. The third kappa shape index (κ3) is 3.57. The van der Waals surface area contributed by atoms with Gasteiger partial charge in [-0.3, -0.25) is 0 Å². The minimum absolute atomic E-state index is 0.645. The molecule has 0 unspecified atom stereocenters. The number of hydrogen-bond donors (Lipinski definition) is 1. The normalized spacial score (nSPS) is 17.9. The monoisotopic (exact) mass is 353 g/mol. The van der Waals surface area contributed by atoms with E-state index in [9.17, 15) is 0 Å². The molecule has 1 aliphatic carbocycles. The zero-order valence-corrected chi connectivity index (χ0v) is 15.6. The number of nitrogens with one attached hydrogen (secondary N) is 1. The first-order valence-electron chi connectivity index (χ1n) is 9.64. The average Bonchev–Trinajstić information content (AvgIpc) is 2.60. The highest BCUT2D eigenvalue weighted by molar-refractivity contribution is 5.48. The minimum Gasteiger partial charge on any atom is -0.354 e. The summed E-state index contributed by atoms with van der Waals surface area (Å²) in [5.74, 6) is 3.43. The SMILES string of the molecule is CCNc1nc(C)cc(N2CCN(c3cc(C4CCC4)ncn3)CC2)n1. The number of anilines is 3. The lowest BCUT2D eigenvalue weighted by Crippen LogP contribution is -2.47. The van der Waals surface area contributed by atoms with Gasteiger partial charge in [-0.15, -0.1) is 0 Å². The van der Waals surface area contributed by atoms with Gasteiger partial charge in [-0.2, -0.15) is 4.98 Å². The molecule has 26 heavy (non-hydrogen) atoms. The van der Waals surface area contributed by atoms with E-state index in [1.165, 1.54) is 25.0 Å². The highest BCUT2D eigenvalue weighted by Crippen LogP contribution is 2.36. The summed E-state index contributed by atoms with van der Waals surface area (Å²) < 4.78 is 0. The van der Waals surface area contributed by atoms with E-state index in [1.54, 1.807) is 6.33 Å². The van der Waals surface area contributed by atoms with E-state index >= 15 is 0 Å². The van der Waals surface area contributed by atoms with Crippen LogP contribution in [0.5, 0.6) is 0 Å². The summed E-state index contributed by atoms with van der Waals surface area (Å²) in [6.45, 7) is 8.67. The quantitative estimate of drug-likeness (QED) is 0.886. The molecule has 0 atom stereocenters. The first kappa shape index (κ1) is 17.0. The summed E-state index contributed by atoms with van der Waals surface area (Å²) >= 11 is 0. The number of aromatic nitrogens is 4. The fourth-order valence-corrected chi connectivity index (χ4v) is 3.58. The number of aryl methyl sites for hydroxylation is 1. The van der Waals surface area contributed by atoms with Crippen LogP contribution >= 0.6 is 0 Å². The van der Waals surface area contributed by atoms with Crippen LogP contribution in [-0.2, 0) is 0 Å². The molecule has 7 nitrogen and oxygen atoms in total. The summed E-state index contributed by atoms with van der Waals surface area (Å²) in [7, 11) is 0. The van der Waals surface area contributed by atoms with Gasteiger partial charge in [0.25, 0.3) is 0 Å². The number of rotatable bonds is 5. The van der Waals surface area contributed by atoms with Gasteiger partial charge in [0.1, 0.15) is 18.0 Å². The van der Waals surface area contributed by atoms with Crippen molar-refractivity contribution in [2.75, 3.05) is 47.8 Å². The van der Waals surface area contributed by atoms with Gasteiger partial charge < -0.3 is 15.1 Å². The van der Waals surface area contributed by atoms with Crippen molar-refractivity contribution in [3.63, 3.8) is 0 Å². The maximum absolute atomic E-state index is 4.66. The van der Waals surface area contributed by atoms with Crippen LogP contribution in [0.4, 0.5) is 17.6 Å². The maximum atomic E-state index is 4.66. The summed E-state index contributed by atoms with van der Waals surface area (Å²) in [5.41, 5.74) is 2.21. The summed E-state index contributed by atoms with van der Waals surface area (Å²) in [4.78, 5) is 22.8. The van der Waals surface area contributed by atoms with Crippen molar-refractivity contribution in [3.8, 4) is 0 Å². The summed E-state index contributed by atoms with van der Waals surface area (Å²) in [6, 6.07) is 4.26. The Kier molecular flexibility index (Phi) is 4.86. The average molecular weight is 353 g/mol. The molecule has 4 rings (SSSR count). The fraction of sp³-hybridized carbons (Fsp3) is 0.579. The molecule has 2 aromatic rings. The van der Waals surface area contributed by atoms with Crippen LogP contribution in [0, 0.1) is 6.92 Å². The lowest BCUT2D eigenvalue weighted by atomic mass is 9.83. The first-order chi connectivity index (χ1) is 12.7. The molecular weight excluding hydrogens is 326 g/mol. The molecular formula is C19H27N7. The minimum atomic E-state index is 0.645. The smallest absolute Gasteiger partial charge is 0.224 e. The van der Waals surface area contributed by atoms with Gasteiger partial charge in [-0.25, -0.2) is 15.0 Å². The second kappa shape index (κ2) is 7.43. The lowest BCUT2D eigenvalue weighted by Gasteiger charge is -2.36. The lowest BCUT2D eigenvalue weighted by molar-refractivity contribution is 0.410. The van der Waals surface area contributed by atoms with Crippen molar-refractivity contribution in [1.29, 1.82) is 0 Å². The molecule has 2 aromatic heterocycles. The van der Waals surface area contributed by atoms with Gasteiger partial charge in [-0.1, -0.05) is 6.42 Å². The summed E-state index contributed by atoms with van der Waals surface area (Å²) in [6.07, 6.45) is 5.60. The van der Waals surface area contributed by atoms with E-state index in [0.29, 0.717) is 11.9 Å². The van der Waals surface area contributed by atoms with Crippen molar-refractivity contribution >= 4 is 17.6 Å². The van der Waals surface area contributed by atoms with E-state index in [-0.39, 0.29) is 0 Å². The summed E-state index contributed by atoms with van der Waals surface area (Å²) in [5, 5.41) is 3.21. The first-order valence-corrected chi connectivity index (χ1v) is 9.64. The van der Waals surface area contributed by atoms with Crippen molar-refractivity contribution in [1.82, 2.24) is 19.9 Å². The Bertz CT molecular complexity index is 751. The van der Waals surface area contributed by atoms with Crippen LogP contribution in [0.2, 0.25) is 0 Å². The molecule has 138 valence electrons. The van der Waals surface area contributed by atoms with E-state index in [4.69, 9.17) is 0 Å². The van der Waals surface area contributed by atoms with Crippen LogP contribution in [0.3, 0.4) is 0 Å². The van der Waals surface area contributed by atoms with Gasteiger partial charge in [0.05, 0.1) is 0 Å². The highest BCUT2D eigenvalue weighted by atomic mass is 15.3. The van der Waals surface area contributed by atoms with Crippen LogP contribution in [0.1, 0.15) is 43.5 Å². The predicted octanol–water partition coefficient (Wildman–Crippen LogP) is 2.60. The third-order valence-electron chi connectivity index (χ3n) is 5.30. The molecule has 1 N–H and O–H groups in total. The van der Waals surface area contributed by atoms with E-state index in [0.717, 1.165) is 50.1 Å². The van der Waals surface area contributed by atoms with Crippen LogP contribution < -0.4 is 15.1 Å². The molecule has 7 heteroatoms. The Morgan fingerprint density at radius 2 is 1.73 bits per heavy atom. The van der Waals surface area contributed by atoms with Gasteiger partial charge in [0.15, 0.2) is 0 Å². The van der Waals surface area contributed by atoms with Crippen molar-refractivity contribution in [2.45, 2.75) is 39.0 Å². The van der Waals surface area contributed by atoms with Gasteiger partial charge in [0.2, 0.25) is 5.95 Å². The molecule has 0 aromatic carbocycles. The molecule has 1 saturated carbocycles. The molecule has 0 bridgehead atoms. The molecule has 0 amide bonds. The van der Waals surface area contributed by atoms with Crippen LogP contribution in [0.15, 0.2) is 18.5 Å². The topological polar surface area (TPSA) is 70.1 Å². The third-order valence-corrected chi connectivity index (χ3v) is 5.30. The van der Waals surface area contributed by atoms with Crippen LogP contribution in [-0.4, -0.2) is 52.7 Å². The second-order valence-electron chi connectivity index (χ2n) is 7.12. The molecule has 2 fully saturated rings. The Morgan fingerprint density at radius 1 is 1.00 bits per heavy atom. The Hall–Kier alpha value is -2.44. The maximum Gasteiger partial charge on any atom is 0.224 e. The number of hydrogen-bond acceptors (Lipinski definition) is 7. The van der Waals surface area contributed by atoms with Gasteiger partial charge in [0, 0.05) is 62.2 Å². The largest absolute Gasteiger partial charge is 0.354 e. The zero-order chi connectivity index (χ0) is 17.9. The standard InChI is InChI=1S/C19H27N7/c1-3-20-19-23-14(2)11-18(24-19)26-9-7-25(8-10-26)17-12-16(21-13-22-17)15-5-4-6-15/h11-13,15H,3-10H2,1-2H3,(H,20,23,24). The van der Waals surface area contributed by atoms with Crippen LogP contribution in [0.25, 0.3) is 0 Å². The molecule has 3 heterocycles. The molecule has 1 aliphatic heterocycles.